The van der Waals surface area contributed by atoms with Crippen molar-refractivity contribution in [1.29, 1.82) is 5.41 Å². The molecule has 29 heavy (non-hydrogen) atoms. The van der Waals surface area contributed by atoms with Gasteiger partial charge in [-0.3, -0.25) is 15.0 Å². The molecule has 0 saturated heterocycles. The number of carbonyl (C=O) groups excluding carboxylic acids is 2. The summed E-state index contributed by atoms with van der Waals surface area (Å²) in [6.45, 7) is 1.89. The summed E-state index contributed by atoms with van der Waals surface area (Å²) in [6.07, 6.45) is 0. The van der Waals surface area contributed by atoms with Gasteiger partial charge >= 0.3 is 5.97 Å². The molecule has 1 atom stereocenters. The van der Waals surface area contributed by atoms with Crippen LogP contribution in [0.1, 0.15) is 22.8 Å². The van der Waals surface area contributed by atoms with E-state index in [1.807, 2.05) is 29.8 Å². The van der Waals surface area contributed by atoms with Crippen molar-refractivity contribution in [1.82, 2.24) is 14.9 Å². The molecule has 3 rings (SSSR count). The molecule has 1 aromatic heterocycles. The first kappa shape index (κ1) is 20.1. The molecule has 8 nitrogen and oxygen atoms in total. The van der Waals surface area contributed by atoms with Crippen molar-refractivity contribution in [3.8, 4) is 11.4 Å². The Morgan fingerprint density at radius 3 is 2.48 bits per heavy atom. The summed E-state index contributed by atoms with van der Waals surface area (Å²) in [7, 11) is 3.22. The van der Waals surface area contributed by atoms with Crippen molar-refractivity contribution in [2.24, 2.45) is 18.7 Å². The summed E-state index contributed by atoms with van der Waals surface area (Å²) in [4.78, 5) is 28.6. The minimum absolute atomic E-state index is 0.0127. The van der Waals surface area contributed by atoms with E-state index in [0.717, 1.165) is 16.9 Å². The molecule has 0 aliphatic heterocycles. The lowest BCUT2D eigenvalue weighted by Gasteiger charge is -2.10. The van der Waals surface area contributed by atoms with Gasteiger partial charge in [-0.2, -0.15) is 0 Å². The van der Waals surface area contributed by atoms with Crippen LogP contribution in [0.5, 0.6) is 0 Å². The van der Waals surface area contributed by atoms with E-state index in [0.29, 0.717) is 16.6 Å². The summed E-state index contributed by atoms with van der Waals surface area (Å²) < 4.78 is 6.61. The summed E-state index contributed by atoms with van der Waals surface area (Å²) in [5.41, 5.74) is 9.07. The van der Waals surface area contributed by atoms with Gasteiger partial charge in [-0.1, -0.05) is 31.2 Å². The molecule has 0 spiro atoms. The van der Waals surface area contributed by atoms with Crippen LogP contribution in [-0.2, 0) is 16.6 Å². The van der Waals surface area contributed by atoms with E-state index in [2.05, 4.69) is 15.0 Å². The zero-order chi connectivity index (χ0) is 21.1. The Kier molecular flexibility index (Phi) is 5.63. The van der Waals surface area contributed by atoms with E-state index in [4.69, 9.17) is 11.1 Å². The Balaban J connectivity index is 1.84. The van der Waals surface area contributed by atoms with Crippen molar-refractivity contribution >= 4 is 28.7 Å². The second kappa shape index (κ2) is 8.14. The van der Waals surface area contributed by atoms with Gasteiger partial charge in [0.1, 0.15) is 11.7 Å². The number of carbonyl (C=O) groups is 2. The molecule has 0 fully saturated rings. The van der Waals surface area contributed by atoms with Gasteiger partial charge in [0.2, 0.25) is 0 Å². The van der Waals surface area contributed by atoms with E-state index in [1.165, 1.54) is 7.11 Å². The number of nitrogens with two attached hydrogens (primary N) is 1. The third-order valence-electron chi connectivity index (χ3n) is 4.77. The number of imidazole rings is 1. The molecule has 0 saturated carbocycles. The standard InChI is InChI=1S/C21H23N5O3/c1-12(21(28)29-3)11-24-20(27)15-8-9-17-16(10-15)25-19(26(17)2)14-6-4-13(5-7-14)18(22)23/h4-10,12H,11H2,1-3H3,(H3,22,23)(H,24,27). The maximum atomic E-state index is 12.4. The molecule has 2 aromatic carbocycles. The molecule has 3 aromatic rings. The SMILES string of the molecule is COC(=O)C(C)CNC(=O)c1ccc2c(c1)nc(-c1ccc(C(=N)N)cc1)n2C. The van der Waals surface area contributed by atoms with Crippen LogP contribution in [0.15, 0.2) is 42.5 Å². The Labute approximate surface area is 168 Å². The number of fused-ring (bicyclic) bond motifs is 1. The predicted octanol–water partition coefficient (Wildman–Crippen LogP) is 2.06. The highest BCUT2D eigenvalue weighted by Crippen LogP contribution is 2.24. The first-order chi connectivity index (χ1) is 13.8. The lowest BCUT2D eigenvalue weighted by atomic mass is 10.1. The number of ether oxygens (including phenoxy) is 1. The van der Waals surface area contributed by atoms with Gasteiger partial charge in [-0.25, -0.2) is 4.98 Å². The number of rotatable bonds is 6. The number of hydrogen-bond acceptors (Lipinski definition) is 5. The number of nitrogens with zero attached hydrogens (tertiary/aromatic N) is 2. The maximum absolute atomic E-state index is 12.4. The molecular formula is C21H23N5O3. The fraction of sp³-hybridized carbons (Fsp3) is 0.238. The van der Waals surface area contributed by atoms with Gasteiger partial charge in [-0.05, 0) is 18.2 Å². The van der Waals surface area contributed by atoms with Crippen molar-refractivity contribution in [2.45, 2.75) is 6.92 Å². The molecule has 1 amide bonds. The quantitative estimate of drug-likeness (QED) is 0.336. The van der Waals surface area contributed by atoms with E-state index in [-0.39, 0.29) is 24.3 Å². The summed E-state index contributed by atoms with van der Waals surface area (Å²) in [5, 5.41) is 10.2. The van der Waals surface area contributed by atoms with Crippen LogP contribution in [0, 0.1) is 11.3 Å². The van der Waals surface area contributed by atoms with Crippen molar-refractivity contribution < 1.29 is 14.3 Å². The molecule has 0 bridgehead atoms. The van der Waals surface area contributed by atoms with Crippen molar-refractivity contribution in [2.75, 3.05) is 13.7 Å². The molecule has 0 aliphatic rings. The normalized spacial score (nSPS) is 11.8. The Hall–Kier alpha value is -3.68. The van der Waals surface area contributed by atoms with Crippen LogP contribution >= 0.6 is 0 Å². The van der Waals surface area contributed by atoms with Crippen LogP contribution in [0.4, 0.5) is 0 Å². The molecule has 150 valence electrons. The summed E-state index contributed by atoms with van der Waals surface area (Å²) in [6, 6.07) is 12.6. The van der Waals surface area contributed by atoms with Crippen molar-refractivity contribution in [3.63, 3.8) is 0 Å². The summed E-state index contributed by atoms with van der Waals surface area (Å²) >= 11 is 0. The second-order valence-corrected chi connectivity index (χ2v) is 6.82. The minimum Gasteiger partial charge on any atom is -0.469 e. The topological polar surface area (TPSA) is 123 Å². The molecule has 0 radical (unpaired) electrons. The smallest absolute Gasteiger partial charge is 0.310 e. The van der Waals surface area contributed by atoms with E-state index in [9.17, 15) is 9.59 Å². The van der Waals surface area contributed by atoms with Gasteiger partial charge in [0, 0.05) is 30.3 Å². The molecule has 0 aliphatic carbocycles. The van der Waals surface area contributed by atoms with Crippen LogP contribution in [0.3, 0.4) is 0 Å². The Morgan fingerprint density at radius 2 is 1.86 bits per heavy atom. The first-order valence-corrected chi connectivity index (χ1v) is 9.09. The minimum atomic E-state index is -0.424. The lowest BCUT2D eigenvalue weighted by molar-refractivity contribution is -0.144. The predicted molar refractivity (Wildman–Crippen MR) is 111 cm³/mol. The number of methoxy groups -OCH3 is 1. The van der Waals surface area contributed by atoms with Crippen LogP contribution in [0.25, 0.3) is 22.4 Å². The third kappa shape index (κ3) is 4.11. The van der Waals surface area contributed by atoms with E-state index in [1.54, 1.807) is 31.2 Å². The Bertz CT molecular complexity index is 1090. The molecule has 4 N–H and O–H groups in total. The maximum Gasteiger partial charge on any atom is 0.310 e. The zero-order valence-corrected chi connectivity index (χ0v) is 16.5. The molecular weight excluding hydrogens is 370 g/mol. The fourth-order valence-electron chi connectivity index (χ4n) is 3.03. The van der Waals surface area contributed by atoms with Crippen LogP contribution in [0.2, 0.25) is 0 Å². The largest absolute Gasteiger partial charge is 0.469 e. The number of nitrogens with one attached hydrogen (secondary N) is 2. The molecule has 1 heterocycles. The second-order valence-electron chi connectivity index (χ2n) is 6.82. The van der Waals surface area contributed by atoms with E-state index < -0.39 is 5.92 Å². The van der Waals surface area contributed by atoms with E-state index >= 15 is 0 Å². The lowest BCUT2D eigenvalue weighted by Crippen LogP contribution is -2.32. The average molecular weight is 393 g/mol. The van der Waals surface area contributed by atoms with Gasteiger partial charge in [0.05, 0.1) is 24.1 Å². The monoisotopic (exact) mass is 393 g/mol. The van der Waals surface area contributed by atoms with Crippen LogP contribution in [-0.4, -0.2) is 40.9 Å². The number of aryl methyl sites for hydroxylation is 1. The average Bonchev–Trinajstić information content (AvgIpc) is 3.07. The van der Waals surface area contributed by atoms with Crippen LogP contribution < -0.4 is 11.1 Å². The van der Waals surface area contributed by atoms with Crippen molar-refractivity contribution in [3.05, 3.63) is 53.6 Å². The van der Waals surface area contributed by atoms with Gasteiger partial charge < -0.3 is 20.4 Å². The number of nitrogen functional groups attached to an aromatic ring is 1. The van der Waals surface area contributed by atoms with Gasteiger partial charge in [0.15, 0.2) is 0 Å². The number of amidine groups is 1. The Morgan fingerprint density at radius 1 is 1.21 bits per heavy atom. The molecule has 8 heteroatoms. The highest BCUT2D eigenvalue weighted by Gasteiger charge is 2.16. The zero-order valence-electron chi connectivity index (χ0n) is 16.5. The summed E-state index contributed by atoms with van der Waals surface area (Å²) in [5.74, 6) is -0.315. The van der Waals surface area contributed by atoms with Gasteiger partial charge in [0.25, 0.3) is 5.91 Å². The molecule has 1 unspecified atom stereocenters. The van der Waals surface area contributed by atoms with Gasteiger partial charge in [-0.15, -0.1) is 0 Å². The highest BCUT2D eigenvalue weighted by atomic mass is 16.5. The number of hydrogen-bond donors (Lipinski definition) is 3. The number of esters is 1. The highest BCUT2D eigenvalue weighted by molar-refractivity contribution is 5.98. The third-order valence-corrected chi connectivity index (χ3v) is 4.77. The first-order valence-electron chi connectivity index (χ1n) is 9.09. The number of benzene rings is 2. The number of amides is 1. The fourth-order valence-corrected chi connectivity index (χ4v) is 3.03. The number of aromatic nitrogens is 2.